The van der Waals surface area contributed by atoms with Gasteiger partial charge in [-0.1, -0.05) is 152 Å². The Hall–Kier alpha value is -6.68. The molecule has 7 aromatic carbocycles. The standard InChI is InChI=1S/C47H31N4OP/c52-53(36-20-8-3-9-21-36)42-27-15-12-24-39(42)43-37-22-10-13-25-40(37)51(41-26-14-11-23-38(41)44(43)53)35-30-28-34(29-31-35)47-49-45(32-16-4-1-5-17-32)48-46(50-47)33-18-6-2-7-19-33/h1-31H. The first kappa shape index (κ1) is 31.1. The molecule has 1 atom stereocenters. The van der Waals surface area contributed by atoms with E-state index in [-0.39, 0.29) is 0 Å². The van der Waals surface area contributed by atoms with E-state index in [0.29, 0.717) is 17.5 Å². The monoisotopic (exact) mass is 698 g/mol. The van der Waals surface area contributed by atoms with E-state index in [0.717, 1.165) is 71.9 Å². The zero-order chi connectivity index (χ0) is 35.4. The molecule has 0 fully saturated rings. The van der Waals surface area contributed by atoms with Crippen LogP contribution in [0, 0.1) is 0 Å². The van der Waals surface area contributed by atoms with Crippen molar-refractivity contribution in [3.8, 4) is 34.2 Å². The van der Waals surface area contributed by atoms with Gasteiger partial charge in [0.25, 0.3) is 0 Å². The smallest absolute Gasteiger partial charge is 0.172 e. The van der Waals surface area contributed by atoms with Crippen molar-refractivity contribution < 1.29 is 4.57 Å². The third kappa shape index (κ3) is 5.01. The minimum Gasteiger partial charge on any atom is -0.309 e. The van der Waals surface area contributed by atoms with Crippen LogP contribution in [0.2, 0.25) is 0 Å². The molecule has 0 saturated heterocycles. The quantitative estimate of drug-likeness (QED) is 0.168. The normalized spacial score (nSPS) is 15.6. The Balaban J connectivity index is 1.15. The molecule has 1 unspecified atom stereocenters. The summed E-state index contributed by atoms with van der Waals surface area (Å²) >= 11 is 0. The van der Waals surface area contributed by atoms with Crippen LogP contribution in [0.4, 0.5) is 17.1 Å². The zero-order valence-electron chi connectivity index (χ0n) is 28.5. The molecule has 0 N–H and O–H groups in total. The minimum atomic E-state index is -3.26. The van der Waals surface area contributed by atoms with Crippen LogP contribution in [0.15, 0.2) is 188 Å². The van der Waals surface area contributed by atoms with Gasteiger partial charge in [0.1, 0.15) is 0 Å². The summed E-state index contributed by atoms with van der Waals surface area (Å²) in [5.41, 5.74) is 9.75. The van der Waals surface area contributed by atoms with Gasteiger partial charge in [-0.05, 0) is 42.0 Å². The number of hydrogen-bond donors (Lipinski definition) is 0. The highest BCUT2D eigenvalue weighted by Crippen LogP contribution is 2.68. The number of benzene rings is 7. The number of rotatable bonds is 5. The summed E-state index contributed by atoms with van der Waals surface area (Å²) < 4.78 is 15.9. The Morgan fingerprint density at radius 2 is 0.830 bits per heavy atom. The number of anilines is 3. The maximum absolute atomic E-state index is 15.9. The van der Waals surface area contributed by atoms with E-state index in [4.69, 9.17) is 15.0 Å². The van der Waals surface area contributed by atoms with Crippen LogP contribution in [0.5, 0.6) is 0 Å². The fourth-order valence-corrected chi connectivity index (χ4v) is 11.0. The lowest BCUT2D eigenvalue weighted by atomic mass is 9.95. The van der Waals surface area contributed by atoms with Gasteiger partial charge in [0, 0.05) is 55.0 Å². The van der Waals surface area contributed by atoms with Crippen LogP contribution in [0.3, 0.4) is 0 Å². The Morgan fingerprint density at radius 3 is 1.42 bits per heavy atom. The lowest BCUT2D eigenvalue weighted by Gasteiger charge is -2.29. The predicted octanol–water partition coefficient (Wildman–Crippen LogP) is 10.9. The van der Waals surface area contributed by atoms with Gasteiger partial charge in [-0.2, -0.15) is 0 Å². The van der Waals surface area contributed by atoms with Gasteiger partial charge in [0.2, 0.25) is 0 Å². The van der Waals surface area contributed by atoms with E-state index in [9.17, 15) is 0 Å². The lowest BCUT2D eigenvalue weighted by molar-refractivity contribution is 0.593. The highest BCUT2D eigenvalue weighted by molar-refractivity contribution is 7.88. The summed E-state index contributed by atoms with van der Waals surface area (Å²) in [4.78, 5) is 17.1. The van der Waals surface area contributed by atoms with Crippen molar-refractivity contribution in [2.24, 2.45) is 0 Å². The summed E-state index contributed by atoms with van der Waals surface area (Å²) in [7, 11) is -3.26. The Morgan fingerprint density at radius 1 is 0.396 bits per heavy atom. The summed E-state index contributed by atoms with van der Waals surface area (Å²) in [5.74, 6) is 1.84. The van der Waals surface area contributed by atoms with E-state index < -0.39 is 7.14 Å². The molecule has 5 nitrogen and oxygen atoms in total. The summed E-state index contributed by atoms with van der Waals surface area (Å²) in [5, 5.41) is 2.62. The second-order valence-electron chi connectivity index (χ2n) is 13.1. The Kier molecular flexibility index (Phi) is 7.34. The molecule has 0 radical (unpaired) electrons. The number of para-hydroxylation sites is 2. The van der Waals surface area contributed by atoms with Crippen molar-refractivity contribution in [2.75, 3.05) is 4.90 Å². The van der Waals surface area contributed by atoms with E-state index in [1.165, 1.54) is 0 Å². The molecule has 0 bridgehead atoms. The number of fused-ring (bicyclic) bond motifs is 6. The van der Waals surface area contributed by atoms with Crippen molar-refractivity contribution in [1.82, 2.24) is 15.0 Å². The third-order valence-corrected chi connectivity index (χ3v) is 13.3. The molecule has 8 aromatic rings. The van der Waals surface area contributed by atoms with Crippen LogP contribution in [0.1, 0.15) is 16.7 Å². The highest BCUT2D eigenvalue weighted by Gasteiger charge is 2.46. The molecule has 2 aliphatic rings. The van der Waals surface area contributed by atoms with Crippen LogP contribution < -0.4 is 15.5 Å². The molecule has 0 spiro atoms. The maximum atomic E-state index is 15.9. The molecule has 2 aliphatic heterocycles. The summed E-state index contributed by atoms with van der Waals surface area (Å²) in [6, 6.07) is 63.5. The highest BCUT2D eigenvalue weighted by atomic mass is 31.2. The van der Waals surface area contributed by atoms with Gasteiger partial charge in [-0.25, -0.2) is 15.0 Å². The van der Waals surface area contributed by atoms with Gasteiger partial charge in [-0.3, -0.25) is 0 Å². The van der Waals surface area contributed by atoms with Gasteiger partial charge in [-0.15, -0.1) is 0 Å². The largest absolute Gasteiger partial charge is 0.309 e. The Bertz CT molecular complexity index is 2690. The predicted molar refractivity (Wildman–Crippen MR) is 216 cm³/mol. The number of aromatic nitrogens is 3. The van der Waals surface area contributed by atoms with E-state index in [2.05, 4.69) is 83.8 Å². The molecular formula is C47H31N4OP. The first-order valence-electron chi connectivity index (χ1n) is 17.7. The van der Waals surface area contributed by atoms with Crippen LogP contribution >= 0.6 is 7.14 Å². The Labute approximate surface area is 308 Å². The van der Waals surface area contributed by atoms with Crippen molar-refractivity contribution in [3.63, 3.8) is 0 Å². The van der Waals surface area contributed by atoms with Crippen molar-refractivity contribution >= 4 is 45.7 Å². The third-order valence-electron chi connectivity index (χ3n) is 10.1. The summed E-state index contributed by atoms with van der Waals surface area (Å²) in [6.45, 7) is 0. The van der Waals surface area contributed by atoms with Gasteiger partial charge >= 0.3 is 0 Å². The molecule has 1 aromatic heterocycles. The first-order valence-corrected chi connectivity index (χ1v) is 19.4. The minimum absolute atomic E-state index is 0.599. The van der Waals surface area contributed by atoms with E-state index in [1.807, 2.05) is 109 Å². The van der Waals surface area contributed by atoms with Gasteiger partial charge < -0.3 is 9.46 Å². The average molecular weight is 699 g/mol. The number of nitrogens with zero attached hydrogens (tertiary/aromatic N) is 4. The molecule has 0 saturated carbocycles. The first-order chi connectivity index (χ1) is 26.2. The molecule has 6 heteroatoms. The van der Waals surface area contributed by atoms with E-state index in [1.54, 1.807) is 0 Å². The molecule has 0 aliphatic carbocycles. The van der Waals surface area contributed by atoms with Gasteiger partial charge in [0.05, 0.1) is 11.4 Å². The molecular weight excluding hydrogens is 668 g/mol. The number of hydrogen-bond acceptors (Lipinski definition) is 5. The SMILES string of the molecule is O=P1(c2ccccc2)C2=C(c3ccccc3N(c3ccc(-c4nc(-c5ccccc5)nc(-c5ccccc5)n4)cc3)c3ccccc32)c2ccccc21. The van der Waals surface area contributed by atoms with Crippen molar-refractivity contribution in [2.45, 2.75) is 0 Å². The second kappa shape index (κ2) is 12.5. The maximum Gasteiger partial charge on any atom is 0.172 e. The van der Waals surface area contributed by atoms with Crippen LogP contribution in [-0.4, -0.2) is 15.0 Å². The molecule has 3 heterocycles. The molecule has 250 valence electrons. The zero-order valence-corrected chi connectivity index (χ0v) is 29.4. The topological polar surface area (TPSA) is 59.0 Å². The fourth-order valence-electron chi connectivity index (χ4n) is 7.70. The van der Waals surface area contributed by atoms with Gasteiger partial charge in [0.15, 0.2) is 24.6 Å². The molecule has 10 rings (SSSR count). The van der Waals surface area contributed by atoms with E-state index >= 15 is 4.57 Å². The van der Waals surface area contributed by atoms with Crippen LogP contribution in [-0.2, 0) is 4.57 Å². The van der Waals surface area contributed by atoms with Crippen molar-refractivity contribution in [1.29, 1.82) is 0 Å². The molecule has 53 heavy (non-hydrogen) atoms. The van der Waals surface area contributed by atoms with Crippen LogP contribution in [0.25, 0.3) is 45.1 Å². The molecule has 0 amide bonds. The second-order valence-corrected chi connectivity index (χ2v) is 15.8. The fraction of sp³-hybridized carbons (Fsp3) is 0. The average Bonchev–Trinajstić information content (AvgIpc) is 3.43. The summed E-state index contributed by atoms with van der Waals surface area (Å²) in [6.07, 6.45) is 0. The lowest BCUT2D eigenvalue weighted by Crippen LogP contribution is -2.17. The van der Waals surface area contributed by atoms with Crippen molar-refractivity contribution in [3.05, 3.63) is 205 Å².